The Hall–Kier alpha value is -1.99. The van der Waals surface area contributed by atoms with Gasteiger partial charge in [-0.05, 0) is 31.0 Å². The van der Waals surface area contributed by atoms with E-state index in [9.17, 15) is 9.59 Å². The lowest BCUT2D eigenvalue weighted by Crippen LogP contribution is -2.50. The summed E-state index contributed by atoms with van der Waals surface area (Å²) in [5.41, 5.74) is 0.358. The van der Waals surface area contributed by atoms with E-state index < -0.39 is 0 Å². The van der Waals surface area contributed by atoms with Crippen LogP contribution in [0.2, 0.25) is 0 Å². The Balaban J connectivity index is 0.00000208. The van der Waals surface area contributed by atoms with Crippen molar-refractivity contribution in [2.24, 2.45) is 5.92 Å². The van der Waals surface area contributed by atoms with Crippen LogP contribution in [0.1, 0.15) is 19.8 Å². The number of benzene rings is 1. The lowest BCUT2D eigenvalue weighted by Gasteiger charge is -2.30. The van der Waals surface area contributed by atoms with Crippen LogP contribution in [0.3, 0.4) is 0 Å². The molecule has 0 saturated carbocycles. The van der Waals surface area contributed by atoms with Crippen LogP contribution in [0, 0.1) is 5.92 Å². The predicted molar refractivity (Wildman–Crippen MR) is 94.2 cm³/mol. The van der Waals surface area contributed by atoms with Gasteiger partial charge in [-0.1, -0.05) is 24.3 Å². The molecule has 8 heteroatoms. The Morgan fingerprint density at radius 2 is 2.21 bits per heavy atom. The molecular formula is C16H22ClN5O2. The number of hydrogen-bond acceptors (Lipinski definition) is 5. The van der Waals surface area contributed by atoms with Gasteiger partial charge >= 0.3 is 0 Å². The van der Waals surface area contributed by atoms with Gasteiger partial charge in [0.15, 0.2) is 0 Å². The van der Waals surface area contributed by atoms with Crippen molar-refractivity contribution in [3.63, 3.8) is 0 Å². The highest BCUT2D eigenvalue weighted by molar-refractivity contribution is 5.85. The number of piperidine rings is 1. The second-order valence-corrected chi connectivity index (χ2v) is 6.03. The van der Waals surface area contributed by atoms with Crippen LogP contribution < -0.4 is 16.2 Å². The van der Waals surface area contributed by atoms with Crippen molar-refractivity contribution in [3.8, 4) is 0 Å². The van der Waals surface area contributed by atoms with Crippen LogP contribution >= 0.6 is 12.4 Å². The Morgan fingerprint density at radius 1 is 1.42 bits per heavy atom. The Kier molecular flexibility index (Phi) is 6.28. The predicted octanol–water partition coefficient (Wildman–Crippen LogP) is 0.718. The van der Waals surface area contributed by atoms with Gasteiger partial charge in [0.2, 0.25) is 5.91 Å². The summed E-state index contributed by atoms with van der Waals surface area (Å²) in [5.74, 6) is 0.399. The number of fused-ring (bicyclic) bond motifs is 1. The molecule has 1 aliphatic heterocycles. The maximum absolute atomic E-state index is 12.3. The molecule has 0 bridgehead atoms. The molecule has 1 saturated heterocycles. The molecule has 2 atom stereocenters. The van der Waals surface area contributed by atoms with Gasteiger partial charge in [0.25, 0.3) is 5.56 Å². The zero-order chi connectivity index (χ0) is 16.2. The molecule has 2 unspecified atom stereocenters. The number of aromatic nitrogens is 3. The van der Waals surface area contributed by atoms with Gasteiger partial charge in [0.1, 0.15) is 5.52 Å². The van der Waals surface area contributed by atoms with Gasteiger partial charge in [0, 0.05) is 19.0 Å². The molecule has 7 nitrogen and oxygen atoms in total. The summed E-state index contributed by atoms with van der Waals surface area (Å²) in [4.78, 5) is 24.4. The minimum atomic E-state index is -0.212. The van der Waals surface area contributed by atoms with Crippen LogP contribution in [0.5, 0.6) is 0 Å². The molecule has 1 amide bonds. The molecule has 130 valence electrons. The fourth-order valence-electron chi connectivity index (χ4n) is 2.84. The molecule has 0 aliphatic carbocycles. The third kappa shape index (κ3) is 4.10. The number of nitrogens with one attached hydrogen (secondary N) is 2. The number of halogens is 1. The summed E-state index contributed by atoms with van der Waals surface area (Å²) < 4.78 is 1.25. The normalized spacial score (nSPS) is 20.4. The fourth-order valence-corrected chi connectivity index (χ4v) is 2.84. The smallest absolute Gasteiger partial charge is 0.277 e. The Bertz CT molecular complexity index is 763. The highest BCUT2D eigenvalue weighted by Crippen LogP contribution is 2.11. The highest BCUT2D eigenvalue weighted by atomic mass is 35.5. The maximum Gasteiger partial charge on any atom is 0.277 e. The van der Waals surface area contributed by atoms with Crippen molar-refractivity contribution in [1.82, 2.24) is 25.6 Å². The molecule has 1 aromatic heterocycles. The molecular weight excluding hydrogens is 330 g/mol. The summed E-state index contributed by atoms with van der Waals surface area (Å²) >= 11 is 0. The summed E-state index contributed by atoms with van der Waals surface area (Å²) in [6.07, 6.45) is 1.27. The third-order valence-corrected chi connectivity index (χ3v) is 4.35. The number of nitrogens with zero attached hydrogens (tertiary/aromatic N) is 3. The first-order valence-electron chi connectivity index (χ1n) is 7.98. The summed E-state index contributed by atoms with van der Waals surface area (Å²) in [6, 6.07) is 7.22. The van der Waals surface area contributed by atoms with E-state index in [1.807, 2.05) is 6.07 Å². The molecule has 2 heterocycles. The van der Waals surface area contributed by atoms with Crippen LogP contribution in [-0.4, -0.2) is 40.0 Å². The number of rotatable bonds is 4. The average Bonchev–Trinajstić information content (AvgIpc) is 2.57. The van der Waals surface area contributed by atoms with Crippen molar-refractivity contribution < 1.29 is 4.79 Å². The topological polar surface area (TPSA) is 88.9 Å². The van der Waals surface area contributed by atoms with Crippen LogP contribution in [0.25, 0.3) is 10.9 Å². The first-order valence-corrected chi connectivity index (χ1v) is 7.98. The minimum absolute atomic E-state index is 0. The zero-order valence-electron chi connectivity index (χ0n) is 13.6. The number of amides is 1. The molecule has 1 aromatic carbocycles. The molecule has 1 fully saturated rings. The van der Waals surface area contributed by atoms with Crippen molar-refractivity contribution in [2.75, 3.05) is 13.1 Å². The maximum atomic E-state index is 12.3. The molecule has 0 radical (unpaired) electrons. The lowest BCUT2D eigenvalue weighted by atomic mass is 9.95. The summed E-state index contributed by atoms with van der Waals surface area (Å²) in [5, 5.41) is 14.8. The summed E-state index contributed by atoms with van der Waals surface area (Å²) in [7, 11) is 0. The molecule has 2 N–H and O–H groups in total. The van der Waals surface area contributed by atoms with Gasteiger partial charge in [-0.3, -0.25) is 9.59 Å². The van der Waals surface area contributed by atoms with Gasteiger partial charge in [-0.25, -0.2) is 4.68 Å². The van der Waals surface area contributed by atoms with Crippen molar-refractivity contribution in [2.45, 2.75) is 32.4 Å². The van der Waals surface area contributed by atoms with E-state index in [-0.39, 0.29) is 42.9 Å². The quantitative estimate of drug-likeness (QED) is 0.847. The Morgan fingerprint density at radius 3 is 3.00 bits per heavy atom. The van der Waals surface area contributed by atoms with Gasteiger partial charge < -0.3 is 10.6 Å². The largest absolute Gasteiger partial charge is 0.352 e. The minimum Gasteiger partial charge on any atom is -0.352 e. The van der Waals surface area contributed by atoms with Crippen LogP contribution in [0.15, 0.2) is 29.1 Å². The fraction of sp³-hybridized carbons (Fsp3) is 0.500. The van der Waals surface area contributed by atoms with Crippen LogP contribution in [0.4, 0.5) is 0 Å². The second kappa shape index (κ2) is 8.21. The van der Waals surface area contributed by atoms with Gasteiger partial charge in [0.05, 0.1) is 11.9 Å². The van der Waals surface area contributed by atoms with Crippen molar-refractivity contribution in [3.05, 3.63) is 34.6 Å². The molecule has 24 heavy (non-hydrogen) atoms. The lowest BCUT2D eigenvalue weighted by molar-refractivity contribution is -0.122. The van der Waals surface area contributed by atoms with Crippen molar-refractivity contribution >= 4 is 29.2 Å². The van der Waals surface area contributed by atoms with E-state index in [1.54, 1.807) is 18.2 Å². The summed E-state index contributed by atoms with van der Waals surface area (Å²) in [6.45, 7) is 4.17. The third-order valence-electron chi connectivity index (χ3n) is 4.35. The van der Waals surface area contributed by atoms with E-state index >= 15 is 0 Å². The number of hydrogen-bond donors (Lipinski definition) is 2. The van der Waals surface area contributed by atoms with E-state index in [0.29, 0.717) is 16.8 Å². The van der Waals surface area contributed by atoms with Gasteiger partial charge in [-0.15, -0.1) is 17.5 Å². The molecule has 0 spiro atoms. The standard InChI is InChI=1S/C16H21N5O2.ClH/c1-11-6-8-17-10-14(11)18-15(22)7-9-21-16(23)12-4-2-3-5-13(12)19-20-21;/h2-5,11,14,17H,6-10H2,1H3,(H,18,22);1H. The average molecular weight is 352 g/mol. The number of carbonyl (C=O) groups excluding carboxylic acids is 1. The zero-order valence-corrected chi connectivity index (χ0v) is 14.4. The van der Waals surface area contributed by atoms with E-state index in [0.717, 1.165) is 19.5 Å². The SMILES string of the molecule is CC1CCNCC1NC(=O)CCn1nnc2ccccc2c1=O.Cl. The van der Waals surface area contributed by atoms with E-state index in [1.165, 1.54) is 4.68 Å². The molecule has 3 rings (SSSR count). The van der Waals surface area contributed by atoms with Crippen LogP contribution in [-0.2, 0) is 11.3 Å². The Labute approximate surface area is 146 Å². The molecule has 2 aromatic rings. The number of carbonyl (C=O) groups is 1. The first kappa shape index (κ1) is 18.4. The number of aryl methyl sites for hydroxylation is 1. The second-order valence-electron chi connectivity index (χ2n) is 6.03. The first-order chi connectivity index (χ1) is 11.1. The van der Waals surface area contributed by atoms with E-state index in [2.05, 4.69) is 27.9 Å². The highest BCUT2D eigenvalue weighted by Gasteiger charge is 2.22. The molecule has 1 aliphatic rings. The van der Waals surface area contributed by atoms with Gasteiger partial charge in [-0.2, -0.15) is 0 Å². The monoisotopic (exact) mass is 351 g/mol. The van der Waals surface area contributed by atoms with Crippen molar-refractivity contribution in [1.29, 1.82) is 0 Å². The van der Waals surface area contributed by atoms with E-state index in [4.69, 9.17) is 0 Å².